The Bertz CT molecular complexity index is 650. The normalized spacial score (nSPS) is 13.3. The van der Waals surface area contributed by atoms with Crippen LogP contribution in [0.2, 0.25) is 0 Å². The van der Waals surface area contributed by atoms with Crippen molar-refractivity contribution in [1.29, 1.82) is 0 Å². The highest BCUT2D eigenvalue weighted by molar-refractivity contribution is 5.95. The van der Waals surface area contributed by atoms with Gasteiger partial charge in [-0.15, -0.1) is 0 Å². The number of amides is 1. The Morgan fingerprint density at radius 3 is 1.93 bits per heavy atom. The van der Waals surface area contributed by atoms with Gasteiger partial charge in [0, 0.05) is 12.0 Å². The molecule has 0 aliphatic heterocycles. The molecule has 0 bridgehead atoms. The number of alkyl carbamates (subject to hydrolysis) is 1. The fourth-order valence-electron chi connectivity index (χ4n) is 2.92. The number of nitrogens with one attached hydrogen (secondary N) is 1. The van der Waals surface area contributed by atoms with Gasteiger partial charge in [-0.3, -0.25) is 9.59 Å². The van der Waals surface area contributed by atoms with Crippen LogP contribution in [0.4, 0.5) is 4.79 Å². The lowest BCUT2D eigenvalue weighted by molar-refractivity contribution is -0.164. The number of ether oxygens (including phenoxy) is 3. The number of esters is 2. The predicted molar refractivity (Wildman–Crippen MR) is 109 cm³/mol. The zero-order valence-electron chi connectivity index (χ0n) is 18.2. The van der Waals surface area contributed by atoms with Gasteiger partial charge in [-0.05, 0) is 46.6 Å². The van der Waals surface area contributed by atoms with Gasteiger partial charge in [0.15, 0.2) is 5.92 Å². The van der Waals surface area contributed by atoms with Crippen molar-refractivity contribution >= 4 is 18.0 Å². The van der Waals surface area contributed by atoms with Crippen molar-refractivity contribution in [2.45, 2.75) is 59.6 Å². The quantitative estimate of drug-likeness (QED) is 0.383. The van der Waals surface area contributed by atoms with E-state index in [-0.39, 0.29) is 13.2 Å². The average molecular weight is 408 g/mol. The lowest BCUT2D eigenvalue weighted by Crippen LogP contribution is -2.49. The van der Waals surface area contributed by atoms with Gasteiger partial charge in [0.05, 0.1) is 13.2 Å². The lowest BCUT2D eigenvalue weighted by Gasteiger charge is -2.30. The highest BCUT2D eigenvalue weighted by Gasteiger charge is 2.40. The van der Waals surface area contributed by atoms with Crippen LogP contribution in [0, 0.1) is 11.8 Å². The van der Waals surface area contributed by atoms with E-state index in [1.807, 2.05) is 30.3 Å². The second-order valence-electron chi connectivity index (χ2n) is 7.78. The second-order valence-corrected chi connectivity index (χ2v) is 7.78. The molecule has 0 spiro atoms. The van der Waals surface area contributed by atoms with Crippen molar-refractivity contribution < 1.29 is 28.6 Å². The van der Waals surface area contributed by atoms with E-state index >= 15 is 0 Å². The Morgan fingerprint density at radius 2 is 1.48 bits per heavy atom. The zero-order chi connectivity index (χ0) is 22.0. The minimum atomic E-state index is -1.15. The molecule has 0 radical (unpaired) electrons. The molecule has 2 atom stereocenters. The van der Waals surface area contributed by atoms with Crippen LogP contribution in [0.1, 0.15) is 47.1 Å². The summed E-state index contributed by atoms with van der Waals surface area (Å²) < 4.78 is 15.6. The van der Waals surface area contributed by atoms with E-state index in [0.29, 0.717) is 6.42 Å². The van der Waals surface area contributed by atoms with E-state index in [0.717, 1.165) is 5.56 Å². The summed E-state index contributed by atoms with van der Waals surface area (Å²) in [5.41, 5.74) is 0.277. The van der Waals surface area contributed by atoms with Crippen molar-refractivity contribution in [3.8, 4) is 0 Å². The van der Waals surface area contributed by atoms with Crippen molar-refractivity contribution in [2.75, 3.05) is 13.2 Å². The number of rotatable bonds is 9. The molecule has 1 aromatic carbocycles. The molecular weight excluding hydrogens is 374 g/mol. The summed E-state index contributed by atoms with van der Waals surface area (Å²) in [6.07, 6.45) is -0.201. The molecule has 0 heterocycles. The molecule has 0 saturated carbocycles. The Balaban J connectivity index is 3.15. The molecule has 1 rings (SSSR count). The molecule has 0 aromatic heterocycles. The maximum atomic E-state index is 12.5. The first-order chi connectivity index (χ1) is 13.6. The molecule has 0 fully saturated rings. The molecule has 7 nitrogen and oxygen atoms in total. The fourth-order valence-corrected chi connectivity index (χ4v) is 2.92. The van der Waals surface area contributed by atoms with Crippen LogP contribution in [0.25, 0.3) is 0 Å². The van der Waals surface area contributed by atoms with E-state index in [2.05, 4.69) is 5.32 Å². The van der Waals surface area contributed by atoms with E-state index in [9.17, 15) is 14.4 Å². The van der Waals surface area contributed by atoms with E-state index < -0.39 is 41.5 Å². The number of carbonyl (C=O) groups excluding carboxylic acids is 3. The largest absolute Gasteiger partial charge is 0.465 e. The van der Waals surface area contributed by atoms with E-state index in [1.165, 1.54) is 0 Å². The second kappa shape index (κ2) is 11.4. The maximum absolute atomic E-state index is 12.5. The predicted octanol–water partition coefficient (Wildman–Crippen LogP) is 3.50. The molecule has 7 heteroatoms. The van der Waals surface area contributed by atoms with Crippen molar-refractivity contribution in [2.24, 2.45) is 11.8 Å². The van der Waals surface area contributed by atoms with Gasteiger partial charge in [-0.2, -0.15) is 0 Å². The standard InChI is InChI=1S/C22H33NO6/c1-7-27-19(24)18(20(25)28-8-2)15(3)17(14-16-12-10-9-11-13-16)23-21(26)29-22(4,5)6/h9-13,15,17-18H,7-8,14H2,1-6H3,(H,23,26)/t15-,17-/m0/s1. The summed E-state index contributed by atoms with van der Waals surface area (Å²) in [5.74, 6) is -3.07. The van der Waals surface area contributed by atoms with Gasteiger partial charge in [-0.1, -0.05) is 37.3 Å². The highest BCUT2D eigenvalue weighted by atomic mass is 16.6. The molecule has 0 aliphatic carbocycles. The number of carbonyl (C=O) groups is 3. The summed E-state index contributed by atoms with van der Waals surface area (Å²) in [7, 11) is 0. The van der Waals surface area contributed by atoms with E-state index in [4.69, 9.17) is 14.2 Å². The van der Waals surface area contributed by atoms with Gasteiger partial charge in [0.1, 0.15) is 5.60 Å². The first kappa shape index (κ1) is 24.5. The van der Waals surface area contributed by atoms with Crippen LogP contribution in [0.5, 0.6) is 0 Å². The third-order valence-corrected chi connectivity index (χ3v) is 4.24. The summed E-state index contributed by atoms with van der Waals surface area (Å²) >= 11 is 0. The first-order valence-electron chi connectivity index (χ1n) is 9.95. The SMILES string of the molecule is CCOC(=O)C(C(=O)OCC)[C@@H](C)[C@H](Cc1ccccc1)NC(=O)OC(C)(C)C. The average Bonchev–Trinajstić information content (AvgIpc) is 2.61. The third-order valence-electron chi connectivity index (χ3n) is 4.24. The van der Waals surface area contributed by atoms with Crippen molar-refractivity contribution in [1.82, 2.24) is 5.32 Å². The van der Waals surface area contributed by atoms with Gasteiger partial charge in [0.2, 0.25) is 0 Å². The van der Waals surface area contributed by atoms with Gasteiger partial charge >= 0.3 is 18.0 Å². The molecule has 1 amide bonds. The van der Waals surface area contributed by atoms with Crippen LogP contribution in [-0.2, 0) is 30.2 Å². The minimum absolute atomic E-state index is 0.143. The van der Waals surface area contributed by atoms with Crippen LogP contribution in [0.15, 0.2) is 30.3 Å². The zero-order valence-corrected chi connectivity index (χ0v) is 18.2. The van der Waals surface area contributed by atoms with Crippen molar-refractivity contribution in [3.63, 3.8) is 0 Å². The number of hydrogen-bond donors (Lipinski definition) is 1. The third kappa shape index (κ3) is 8.54. The van der Waals surface area contributed by atoms with Gasteiger partial charge in [0.25, 0.3) is 0 Å². The topological polar surface area (TPSA) is 90.9 Å². The smallest absolute Gasteiger partial charge is 0.407 e. The Morgan fingerprint density at radius 1 is 0.966 bits per heavy atom. The Labute approximate surface area is 173 Å². The molecule has 0 saturated heterocycles. The minimum Gasteiger partial charge on any atom is -0.465 e. The molecule has 29 heavy (non-hydrogen) atoms. The van der Waals surface area contributed by atoms with Gasteiger partial charge in [-0.25, -0.2) is 4.79 Å². The summed E-state index contributed by atoms with van der Waals surface area (Å²) in [5, 5.41) is 2.82. The molecule has 1 aromatic rings. The van der Waals surface area contributed by atoms with Gasteiger partial charge < -0.3 is 19.5 Å². The Kier molecular flexibility index (Phi) is 9.65. The van der Waals surface area contributed by atoms with Crippen molar-refractivity contribution in [3.05, 3.63) is 35.9 Å². The number of benzene rings is 1. The first-order valence-corrected chi connectivity index (χ1v) is 9.95. The van der Waals surface area contributed by atoms with Crippen LogP contribution in [-0.4, -0.2) is 42.9 Å². The van der Waals surface area contributed by atoms with Crippen LogP contribution in [0.3, 0.4) is 0 Å². The molecule has 0 unspecified atom stereocenters. The van der Waals surface area contributed by atoms with Crippen LogP contribution < -0.4 is 5.32 Å². The molecule has 162 valence electrons. The summed E-state index contributed by atoms with van der Waals surface area (Å²) in [6.45, 7) is 10.7. The number of hydrogen-bond acceptors (Lipinski definition) is 6. The molecular formula is C22H33NO6. The summed E-state index contributed by atoms with van der Waals surface area (Å²) in [4.78, 5) is 37.4. The molecule has 0 aliphatic rings. The summed E-state index contributed by atoms with van der Waals surface area (Å²) in [6, 6.07) is 8.95. The van der Waals surface area contributed by atoms with E-state index in [1.54, 1.807) is 41.5 Å². The highest BCUT2D eigenvalue weighted by Crippen LogP contribution is 2.23. The molecule has 1 N–H and O–H groups in total. The lowest BCUT2D eigenvalue weighted by atomic mass is 9.84. The maximum Gasteiger partial charge on any atom is 0.407 e. The fraction of sp³-hybridized carbons (Fsp3) is 0.591. The Hall–Kier alpha value is -2.57. The van der Waals surface area contributed by atoms with Crippen LogP contribution >= 0.6 is 0 Å². The monoisotopic (exact) mass is 407 g/mol.